The predicted octanol–water partition coefficient (Wildman–Crippen LogP) is 1.59. The quantitative estimate of drug-likeness (QED) is 0.792. The molecule has 7 heteroatoms. The smallest absolute Gasteiger partial charge is 0.277 e. The van der Waals surface area contributed by atoms with Gasteiger partial charge in [-0.3, -0.25) is 4.79 Å². The van der Waals surface area contributed by atoms with E-state index in [0.717, 1.165) is 5.56 Å². The first-order valence-corrected chi connectivity index (χ1v) is 5.44. The molecule has 0 fully saturated rings. The largest absolute Gasteiger partial charge is 0.437 e. The molecule has 1 heterocycles. The molecule has 0 amide bonds. The molecule has 0 aliphatic rings. The molecule has 6 nitrogen and oxygen atoms in total. The molecular formula is C12H15ClN4O2. The van der Waals surface area contributed by atoms with Crippen LogP contribution in [0, 0.1) is 0 Å². The second-order valence-corrected chi connectivity index (χ2v) is 3.91. The lowest BCUT2D eigenvalue weighted by Crippen LogP contribution is -2.13. The summed E-state index contributed by atoms with van der Waals surface area (Å²) in [5, 5.41) is 0. The molecule has 5 N–H and O–H groups in total. The number of H-pyrrole nitrogens is 1. The van der Waals surface area contributed by atoms with Gasteiger partial charge in [0.25, 0.3) is 5.56 Å². The normalized spacial score (nSPS) is 11.5. The van der Waals surface area contributed by atoms with E-state index in [2.05, 4.69) is 9.97 Å². The van der Waals surface area contributed by atoms with Crippen LogP contribution >= 0.6 is 12.4 Å². The lowest BCUT2D eigenvalue weighted by Gasteiger charge is -2.08. The lowest BCUT2D eigenvalue weighted by atomic mass is 10.1. The van der Waals surface area contributed by atoms with Crippen molar-refractivity contribution in [3.05, 3.63) is 46.5 Å². The molecule has 1 aromatic carbocycles. The zero-order valence-electron chi connectivity index (χ0n) is 10.3. The number of rotatable bonds is 3. The molecule has 0 bridgehead atoms. The summed E-state index contributed by atoms with van der Waals surface area (Å²) in [5.41, 5.74) is 11.8. The summed E-state index contributed by atoms with van der Waals surface area (Å²) in [6.07, 6.45) is 1.24. The highest BCUT2D eigenvalue weighted by atomic mass is 35.5. The first-order chi connectivity index (χ1) is 8.58. The summed E-state index contributed by atoms with van der Waals surface area (Å²) in [7, 11) is 0. The molecule has 1 aromatic heterocycles. The minimum absolute atomic E-state index is 0. The Labute approximate surface area is 116 Å². The second-order valence-electron chi connectivity index (χ2n) is 3.91. The fourth-order valence-corrected chi connectivity index (χ4v) is 1.43. The number of halogens is 1. The van der Waals surface area contributed by atoms with Crippen molar-refractivity contribution in [3.8, 4) is 11.6 Å². The van der Waals surface area contributed by atoms with Crippen molar-refractivity contribution < 1.29 is 4.74 Å². The SMILES string of the molecule is CC(N)c1ccc(Oc2nc[nH]c(=O)c2N)cc1.Cl. The molecule has 0 aliphatic heterocycles. The zero-order chi connectivity index (χ0) is 13.1. The van der Waals surface area contributed by atoms with Crippen molar-refractivity contribution in [1.29, 1.82) is 0 Å². The third-order valence-corrected chi connectivity index (χ3v) is 2.47. The molecule has 0 radical (unpaired) electrons. The van der Waals surface area contributed by atoms with Gasteiger partial charge in [0.05, 0.1) is 6.33 Å². The van der Waals surface area contributed by atoms with Gasteiger partial charge in [-0.1, -0.05) is 12.1 Å². The molecular weight excluding hydrogens is 268 g/mol. The van der Waals surface area contributed by atoms with Crippen LogP contribution in [0.3, 0.4) is 0 Å². The van der Waals surface area contributed by atoms with Crippen molar-refractivity contribution in [2.75, 3.05) is 5.73 Å². The van der Waals surface area contributed by atoms with E-state index in [-0.39, 0.29) is 30.0 Å². The van der Waals surface area contributed by atoms with Crippen LogP contribution in [0.5, 0.6) is 11.6 Å². The number of benzene rings is 1. The minimum Gasteiger partial charge on any atom is -0.437 e. The predicted molar refractivity (Wildman–Crippen MR) is 75.6 cm³/mol. The van der Waals surface area contributed by atoms with E-state index < -0.39 is 5.56 Å². The van der Waals surface area contributed by atoms with Gasteiger partial charge in [0.15, 0.2) is 5.69 Å². The van der Waals surface area contributed by atoms with Gasteiger partial charge in [0, 0.05) is 6.04 Å². The Morgan fingerprint density at radius 2 is 1.95 bits per heavy atom. The Bertz CT molecular complexity index is 595. The molecule has 0 aliphatic carbocycles. The fraction of sp³-hybridized carbons (Fsp3) is 0.167. The Hall–Kier alpha value is -2.05. The second kappa shape index (κ2) is 6.21. The first kappa shape index (κ1) is 15.0. The van der Waals surface area contributed by atoms with Crippen LogP contribution in [0.25, 0.3) is 0 Å². The van der Waals surface area contributed by atoms with Crippen molar-refractivity contribution in [2.45, 2.75) is 13.0 Å². The van der Waals surface area contributed by atoms with E-state index in [1.807, 2.05) is 19.1 Å². The fourth-order valence-electron chi connectivity index (χ4n) is 1.43. The first-order valence-electron chi connectivity index (χ1n) is 5.44. The minimum atomic E-state index is -0.424. The highest BCUT2D eigenvalue weighted by molar-refractivity contribution is 5.85. The Balaban J connectivity index is 0.00000180. The van der Waals surface area contributed by atoms with Gasteiger partial charge in [-0.15, -0.1) is 12.4 Å². The maximum atomic E-state index is 11.3. The number of aromatic amines is 1. The summed E-state index contributed by atoms with van der Waals surface area (Å²) in [6.45, 7) is 1.89. The lowest BCUT2D eigenvalue weighted by molar-refractivity contribution is 0.463. The molecule has 0 saturated heterocycles. The van der Waals surface area contributed by atoms with Gasteiger partial charge in [-0.05, 0) is 24.6 Å². The van der Waals surface area contributed by atoms with Crippen LogP contribution in [0.15, 0.2) is 35.4 Å². The van der Waals surface area contributed by atoms with Gasteiger partial charge in [0.2, 0.25) is 5.88 Å². The molecule has 0 spiro atoms. The average Bonchev–Trinajstić information content (AvgIpc) is 2.36. The summed E-state index contributed by atoms with van der Waals surface area (Å²) >= 11 is 0. The standard InChI is InChI=1S/C12H14N4O2.ClH/c1-7(13)8-2-4-9(5-3-8)18-12-10(14)11(17)15-6-16-12;/h2-7H,13-14H2,1H3,(H,15,16,17);1H. The number of anilines is 1. The third-order valence-electron chi connectivity index (χ3n) is 2.47. The topological polar surface area (TPSA) is 107 Å². The highest BCUT2D eigenvalue weighted by Crippen LogP contribution is 2.23. The zero-order valence-corrected chi connectivity index (χ0v) is 11.1. The number of nitrogen functional groups attached to an aromatic ring is 1. The summed E-state index contributed by atoms with van der Waals surface area (Å²) in [4.78, 5) is 17.5. The van der Waals surface area contributed by atoms with E-state index in [0.29, 0.717) is 5.75 Å². The van der Waals surface area contributed by atoms with Crippen LogP contribution in [0.4, 0.5) is 5.69 Å². The number of hydrogen-bond donors (Lipinski definition) is 3. The number of aromatic nitrogens is 2. The average molecular weight is 283 g/mol. The number of nitrogens with two attached hydrogens (primary N) is 2. The van der Waals surface area contributed by atoms with E-state index in [1.165, 1.54) is 6.33 Å². The van der Waals surface area contributed by atoms with Gasteiger partial charge < -0.3 is 21.2 Å². The van der Waals surface area contributed by atoms with Crippen molar-refractivity contribution in [2.24, 2.45) is 5.73 Å². The van der Waals surface area contributed by atoms with Crippen LogP contribution in [-0.4, -0.2) is 9.97 Å². The Morgan fingerprint density at radius 1 is 1.32 bits per heavy atom. The van der Waals surface area contributed by atoms with E-state index >= 15 is 0 Å². The monoisotopic (exact) mass is 282 g/mol. The van der Waals surface area contributed by atoms with E-state index in [1.54, 1.807) is 12.1 Å². The molecule has 0 saturated carbocycles. The van der Waals surface area contributed by atoms with Gasteiger partial charge in [0.1, 0.15) is 5.75 Å². The van der Waals surface area contributed by atoms with E-state index in [4.69, 9.17) is 16.2 Å². The number of hydrogen-bond acceptors (Lipinski definition) is 5. The maximum absolute atomic E-state index is 11.3. The number of nitrogens with one attached hydrogen (secondary N) is 1. The van der Waals surface area contributed by atoms with Crippen LogP contribution in [0.1, 0.15) is 18.5 Å². The highest BCUT2D eigenvalue weighted by Gasteiger charge is 2.07. The van der Waals surface area contributed by atoms with E-state index in [9.17, 15) is 4.79 Å². The number of ether oxygens (including phenoxy) is 1. The molecule has 2 aromatic rings. The van der Waals surface area contributed by atoms with Gasteiger partial charge in [-0.25, -0.2) is 4.98 Å². The molecule has 2 rings (SSSR count). The summed E-state index contributed by atoms with van der Waals surface area (Å²) in [6, 6.07) is 7.16. The summed E-state index contributed by atoms with van der Waals surface area (Å²) < 4.78 is 5.43. The van der Waals surface area contributed by atoms with Gasteiger partial charge in [-0.2, -0.15) is 0 Å². The third kappa shape index (κ3) is 3.46. The summed E-state index contributed by atoms with van der Waals surface area (Å²) in [5.74, 6) is 0.636. The van der Waals surface area contributed by atoms with Crippen molar-refractivity contribution in [1.82, 2.24) is 9.97 Å². The Kier molecular flexibility index (Phi) is 4.91. The number of nitrogens with zero attached hydrogens (tertiary/aromatic N) is 1. The molecule has 102 valence electrons. The van der Waals surface area contributed by atoms with Crippen LogP contribution in [0.2, 0.25) is 0 Å². The Morgan fingerprint density at radius 3 is 2.53 bits per heavy atom. The van der Waals surface area contributed by atoms with Crippen LogP contribution in [-0.2, 0) is 0 Å². The van der Waals surface area contributed by atoms with Crippen LogP contribution < -0.4 is 21.8 Å². The van der Waals surface area contributed by atoms with Crippen molar-refractivity contribution >= 4 is 18.1 Å². The molecule has 1 unspecified atom stereocenters. The van der Waals surface area contributed by atoms with Gasteiger partial charge >= 0.3 is 0 Å². The maximum Gasteiger partial charge on any atom is 0.277 e. The van der Waals surface area contributed by atoms with Crippen molar-refractivity contribution in [3.63, 3.8) is 0 Å². The molecule has 1 atom stereocenters. The molecule has 19 heavy (non-hydrogen) atoms.